The van der Waals surface area contributed by atoms with Crippen LogP contribution in [0.25, 0.3) is 11.1 Å². The maximum absolute atomic E-state index is 11.8. The molecule has 2 aromatic rings. The Balaban J connectivity index is 2.13. The predicted molar refractivity (Wildman–Crippen MR) is 75.8 cm³/mol. The lowest BCUT2D eigenvalue weighted by Crippen LogP contribution is -1.93. The van der Waals surface area contributed by atoms with Gasteiger partial charge in [0.25, 0.3) is 0 Å². The zero-order chi connectivity index (χ0) is 13.4. The highest BCUT2D eigenvalue weighted by Crippen LogP contribution is 2.34. The number of ketones is 1. The molecule has 0 aromatic heterocycles. The summed E-state index contributed by atoms with van der Waals surface area (Å²) in [5.41, 5.74) is 5.53. The Kier molecular flexibility index (Phi) is 2.86. The Morgan fingerprint density at radius 1 is 1.05 bits per heavy atom. The van der Waals surface area contributed by atoms with Crippen molar-refractivity contribution in [2.24, 2.45) is 0 Å². The first-order chi connectivity index (χ1) is 9.20. The fourth-order valence-electron chi connectivity index (χ4n) is 2.81. The summed E-state index contributed by atoms with van der Waals surface area (Å²) in [5, 5.41) is 0. The summed E-state index contributed by atoms with van der Waals surface area (Å²) in [5.74, 6) is 1.16. The topological polar surface area (TPSA) is 26.3 Å². The van der Waals surface area contributed by atoms with Gasteiger partial charge in [-0.25, -0.2) is 0 Å². The second-order valence-corrected chi connectivity index (χ2v) is 4.94. The van der Waals surface area contributed by atoms with Gasteiger partial charge < -0.3 is 4.74 Å². The van der Waals surface area contributed by atoms with Crippen LogP contribution in [-0.2, 0) is 6.42 Å². The molecule has 0 amide bonds. The number of rotatable bonds is 2. The van der Waals surface area contributed by atoms with Gasteiger partial charge in [0.05, 0.1) is 7.11 Å². The first kappa shape index (κ1) is 12.0. The zero-order valence-corrected chi connectivity index (χ0v) is 11.2. The number of benzene rings is 2. The van der Waals surface area contributed by atoms with Crippen molar-refractivity contribution in [2.75, 3.05) is 7.11 Å². The lowest BCUT2D eigenvalue weighted by Gasteiger charge is -2.11. The van der Waals surface area contributed by atoms with Crippen LogP contribution in [0.5, 0.6) is 5.75 Å². The minimum absolute atomic E-state index is 0.266. The standard InChI is InChI=1S/C17H16O2/c1-11-10-12(6-9-17(11)19-2)13-4-3-5-15-14(13)7-8-16(15)18/h3-6,9-10H,7-8H2,1-2H3. The van der Waals surface area contributed by atoms with Crippen molar-refractivity contribution in [2.45, 2.75) is 19.8 Å². The average molecular weight is 252 g/mol. The second-order valence-electron chi connectivity index (χ2n) is 4.94. The van der Waals surface area contributed by atoms with Crippen molar-refractivity contribution in [1.82, 2.24) is 0 Å². The molecule has 19 heavy (non-hydrogen) atoms. The molecule has 0 radical (unpaired) electrons. The van der Waals surface area contributed by atoms with Crippen LogP contribution >= 0.6 is 0 Å². The van der Waals surface area contributed by atoms with E-state index in [1.165, 1.54) is 11.1 Å². The van der Waals surface area contributed by atoms with Gasteiger partial charge in [-0.05, 0) is 47.7 Å². The van der Waals surface area contributed by atoms with Crippen molar-refractivity contribution in [3.8, 4) is 16.9 Å². The summed E-state index contributed by atoms with van der Waals surface area (Å²) < 4.78 is 5.29. The Labute approximate surface area is 113 Å². The molecule has 2 heteroatoms. The molecule has 0 aliphatic heterocycles. The molecule has 2 aromatic carbocycles. The van der Waals surface area contributed by atoms with Crippen LogP contribution in [0.4, 0.5) is 0 Å². The zero-order valence-electron chi connectivity index (χ0n) is 11.2. The van der Waals surface area contributed by atoms with Crippen molar-refractivity contribution in [3.05, 3.63) is 53.1 Å². The maximum atomic E-state index is 11.8. The number of hydrogen-bond donors (Lipinski definition) is 0. The average Bonchev–Trinajstić information content (AvgIpc) is 2.80. The highest BCUT2D eigenvalue weighted by molar-refractivity contribution is 6.02. The molecule has 0 saturated heterocycles. The number of aryl methyl sites for hydroxylation is 1. The molecule has 0 spiro atoms. The van der Waals surface area contributed by atoms with E-state index in [4.69, 9.17) is 4.74 Å². The third kappa shape index (κ3) is 1.93. The quantitative estimate of drug-likeness (QED) is 0.812. The molecule has 2 nitrogen and oxygen atoms in total. The third-order valence-corrected chi connectivity index (χ3v) is 3.78. The fraction of sp³-hybridized carbons (Fsp3) is 0.235. The largest absolute Gasteiger partial charge is 0.496 e. The minimum Gasteiger partial charge on any atom is -0.496 e. The SMILES string of the molecule is COc1ccc(-c2cccc3c2CCC3=O)cc1C. The second kappa shape index (κ2) is 4.54. The summed E-state index contributed by atoms with van der Waals surface area (Å²) in [6, 6.07) is 12.2. The molecule has 0 unspecified atom stereocenters. The van der Waals surface area contributed by atoms with Crippen molar-refractivity contribution < 1.29 is 9.53 Å². The van der Waals surface area contributed by atoms with Crippen LogP contribution in [0.2, 0.25) is 0 Å². The number of fused-ring (bicyclic) bond motifs is 1. The van der Waals surface area contributed by atoms with E-state index in [0.29, 0.717) is 6.42 Å². The normalized spacial score (nSPS) is 13.5. The smallest absolute Gasteiger partial charge is 0.163 e. The highest BCUT2D eigenvalue weighted by atomic mass is 16.5. The van der Waals surface area contributed by atoms with Crippen LogP contribution in [0, 0.1) is 6.92 Å². The number of Topliss-reactive ketones (excluding diaryl/α,β-unsaturated/α-hetero) is 1. The molecule has 1 aliphatic carbocycles. The van der Waals surface area contributed by atoms with Gasteiger partial charge in [-0.2, -0.15) is 0 Å². The molecule has 1 aliphatic rings. The van der Waals surface area contributed by atoms with Gasteiger partial charge in [-0.1, -0.05) is 24.3 Å². The summed E-state index contributed by atoms with van der Waals surface area (Å²) in [6.45, 7) is 2.04. The lowest BCUT2D eigenvalue weighted by molar-refractivity contribution is 0.0994. The monoisotopic (exact) mass is 252 g/mol. The molecular weight excluding hydrogens is 236 g/mol. The first-order valence-corrected chi connectivity index (χ1v) is 6.51. The Morgan fingerprint density at radius 2 is 1.84 bits per heavy atom. The molecule has 0 heterocycles. The van der Waals surface area contributed by atoms with Gasteiger partial charge in [0.2, 0.25) is 0 Å². The van der Waals surface area contributed by atoms with Crippen molar-refractivity contribution >= 4 is 5.78 Å². The van der Waals surface area contributed by atoms with Gasteiger partial charge in [0.1, 0.15) is 5.75 Å². The van der Waals surface area contributed by atoms with Crippen LogP contribution in [0.3, 0.4) is 0 Å². The van der Waals surface area contributed by atoms with Crippen molar-refractivity contribution in [1.29, 1.82) is 0 Å². The Bertz CT molecular complexity index is 656. The molecular formula is C17H16O2. The summed E-state index contributed by atoms with van der Waals surface area (Å²) in [4.78, 5) is 11.8. The molecule has 0 atom stereocenters. The fourth-order valence-corrected chi connectivity index (χ4v) is 2.81. The Hall–Kier alpha value is -2.09. The molecule has 0 fully saturated rings. The summed E-state index contributed by atoms with van der Waals surface area (Å²) in [7, 11) is 1.68. The van der Waals surface area contributed by atoms with Gasteiger partial charge in [0, 0.05) is 12.0 Å². The number of carbonyl (C=O) groups excluding carboxylic acids is 1. The van der Waals surface area contributed by atoms with Gasteiger partial charge in [0.15, 0.2) is 5.78 Å². The number of hydrogen-bond acceptors (Lipinski definition) is 2. The Morgan fingerprint density at radius 3 is 2.58 bits per heavy atom. The van der Waals surface area contributed by atoms with Crippen LogP contribution in [-0.4, -0.2) is 12.9 Å². The maximum Gasteiger partial charge on any atom is 0.163 e. The van der Waals surface area contributed by atoms with Gasteiger partial charge in [-0.15, -0.1) is 0 Å². The summed E-state index contributed by atoms with van der Waals surface area (Å²) >= 11 is 0. The van der Waals surface area contributed by atoms with E-state index in [2.05, 4.69) is 18.2 Å². The third-order valence-electron chi connectivity index (χ3n) is 3.78. The van der Waals surface area contributed by atoms with E-state index < -0.39 is 0 Å². The number of methoxy groups -OCH3 is 1. The summed E-state index contributed by atoms with van der Waals surface area (Å²) in [6.07, 6.45) is 1.50. The van der Waals surface area contributed by atoms with E-state index in [0.717, 1.165) is 28.9 Å². The van der Waals surface area contributed by atoms with E-state index >= 15 is 0 Å². The van der Waals surface area contributed by atoms with Crippen LogP contribution in [0.15, 0.2) is 36.4 Å². The van der Waals surface area contributed by atoms with Crippen molar-refractivity contribution in [3.63, 3.8) is 0 Å². The highest BCUT2D eigenvalue weighted by Gasteiger charge is 2.22. The number of carbonyl (C=O) groups is 1. The lowest BCUT2D eigenvalue weighted by atomic mass is 9.95. The molecule has 0 bridgehead atoms. The van der Waals surface area contributed by atoms with E-state index in [1.54, 1.807) is 7.11 Å². The van der Waals surface area contributed by atoms with Crippen LogP contribution < -0.4 is 4.74 Å². The molecule has 0 saturated carbocycles. The van der Waals surface area contributed by atoms with E-state index in [9.17, 15) is 4.79 Å². The van der Waals surface area contributed by atoms with Gasteiger partial charge >= 0.3 is 0 Å². The molecule has 0 N–H and O–H groups in total. The molecule has 3 rings (SSSR count). The molecule has 96 valence electrons. The van der Waals surface area contributed by atoms with Gasteiger partial charge in [-0.3, -0.25) is 4.79 Å². The first-order valence-electron chi connectivity index (χ1n) is 6.51. The number of ether oxygens (including phenoxy) is 1. The van der Waals surface area contributed by atoms with E-state index in [1.807, 2.05) is 25.1 Å². The van der Waals surface area contributed by atoms with Crippen LogP contribution in [0.1, 0.15) is 27.9 Å². The van der Waals surface area contributed by atoms with E-state index in [-0.39, 0.29) is 5.78 Å². The predicted octanol–water partition coefficient (Wildman–Crippen LogP) is 3.80. The minimum atomic E-state index is 0.266.